The van der Waals surface area contributed by atoms with Crippen LogP contribution in [0.1, 0.15) is 11.3 Å². The van der Waals surface area contributed by atoms with Crippen LogP contribution in [-0.2, 0) is 0 Å². The lowest BCUT2D eigenvalue weighted by molar-refractivity contribution is -0.139. The third kappa shape index (κ3) is 2.47. The molecule has 0 atom stereocenters. The van der Waals surface area contributed by atoms with Gasteiger partial charge in [0.2, 0.25) is 0 Å². The number of benzene rings is 1. The van der Waals surface area contributed by atoms with E-state index in [0.29, 0.717) is 5.56 Å². The summed E-state index contributed by atoms with van der Waals surface area (Å²) in [6, 6.07) is 9.65. The number of para-hydroxylation sites is 1. The molecule has 4 aliphatic heterocycles. The molecule has 2 aromatic rings. The first-order valence-corrected chi connectivity index (χ1v) is 8.71. The molecule has 0 spiro atoms. The van der Waals surface area contributed by atoms with Gasteiger partial charge >= 0.3 is 0 Å². The number of aliphatic imine (C=N–C) groups is 1. The van der Waals surface area contributed by atoms with Crippen molar-refractivity contribution in [2.24, 2.45) is 4.99 Å². The summed E-state index contributed by atoms with van der Waals surface area (Å²) in [7, 11) is 0. The van der Waals surface area contributed by atoms with Crippen molar-refractivity contribution in [3.05, 3.63) is 51.9 Å². The Bertz CT molecular complexity index is 845. The Labute approximate surface area is 146 Å². The van der Waals surface area contributed by atoms with E-state index < -0.39 is 0 Å². The van der Waals surface area contributed by atoms with Crippen molar-refractivity contribution in [2.45, 2.75) is 12.5 Å². The first-order valence-electron chi connectivity index (χ1n) is 8.71. The molecule has 5 heterocycles. The smallest absolute Gasteiger partial charge is 0.280 e. The largest absolute Gasteiger partial charge is 0.295 e. The topological polar surface area (TPSA) is 59.9 Å². The average molecular weight is 338 g/mol. The molecule has 4 aliphatic rings. The molecule has 0 aliphatic carbocycles. The van der Waals surface area contributed by atoms with E-state index in [4.69, 9.17) is 4.99 Å². The molecule has 25 heavy (non-hydrogen) atoms. The lowest BCUT2D eigenvalue weighted by Crippen LogP contribution is -2.75. The van der Waals surface area contributed by atoms with Gasteiger partial charge in [-0.2, -0.15) is 0 Å². The van der Waals surface area contributed by atoms with E-state index in [2.05, 4.69) is 19.8 Å². The van der Waals surface area contributed by atoms with Crippen molar-refractivity contribution in [1.82, 2.24) is 24.5 Å². The summed E-state index contributed by atoms with van der Waals surface area (Å²) >= 11 is 0. The minimum atomic E-state index is -0.109. The summed E-state index contributed by atoms with van der Waals surface area (Å²) in [6.45, 7) is 7.98. The third-order valence-corrected chi connectivity index (χ3v) is 5.35. The second-order valence-electron chi connectivity index (χ2n) is 7.52. The van der Waals surface area contributed by atoms with Crippen LogP contribution in [0, 0.1) is 6.92 Å². The molecule has 130 valence electrons. The van der Waals surface area contributed by atoms with E-state index in [1.54, 1.807) is 10.9 Å². The average Bonchev–Trinajstić information content (AvgIpc) is 2.87. The maximum atomic E-state index is 12.8. The summed E-state index contributed by atoms with van der Waals surface area (Å²) in [5.74, 6) is 0. The fourth-order valence-corrected chi connectivity index (χ4v) is 4.48. The van der Waals surface area contributed by atoms with Gasteiger partial charge in [-0.15, -0.1) is 0 Å². The van der Waals surface area contributed by atoms with E-state index in [1.807, 2.05) is 37.3 Å². The van der Waals surface area contributed by atoms with Crippen molar-refractivity contribution in [2.75, 3.05) is 39.6 Å². The van der Waals surface area contributed by atoms with Gasteiger partial charge in [0.05, 0.1) is 36.8 Å². The highest BCUT2D eigenvalue weighted by Gasteiger charge is 2.48. The maximum Gasteiger partial charge on any atom is 0.280 e. The molecular weight excluding hydrogens is 316 g/mol. The van der Waals surface area contributed by atoms with Gasteiger partial charge in [0, 0.05) is 31.5 Å². The summed E-state index contributed by atoms with van der Waals surface area (Å²) in [4.78, 5) is 25.0. The first kappa shape index (κ1) is 15.1. The zero-order valence-corrected chi connectivity index (χ0v) is 14.4. The van der Waals surface area contributed by atoms with Crippen LogP contribution >= 0.6 is 0 Å². The van der Waals surface area contributed by atoms with Gasteiger partial charge in [-0.05, 0) is 19.1 Å². The van der Waals surface area contributed by atoms with E-state index in [-0.39, 0.29) is 11.1 Å². The molecule has 6 rings (SSSR count). The number of hydrogen-bond acceptors (Lipinski definition) is 5. The van der Waals surface area contributed by atoms with Gasteiger partial charge in [-0.1, -0.05) is 18.2 Å². The van der Waals surface area contributed by atoms with Crippen LogP contribution in [0.3, 0.4) is 0 Å². The minimum absolute atomic E-state index is 0.0434. The molecule has 0 radical (unpaired) electrons. The Morgan fingerprint density at radius 3 is 2.24 bits per heavy atom. The van der Waals surface area contributed by atoms with E-state index >= 15 is 0 Å². The molecule has 0 amide bonds. The van der Waals surface area contributed by atoms with Crippen molar-refractivity contribution >= 4 is 6.21 Å². The van der Waals surface area contributed by atoms with Crippen LogP contribution in [-0.4, -0.2) is 75.9 Å². The molecule has 4 saturated heterocycles. The monoisotopic (exact) mass is 338 g/mol. The lowest BCUT2D eigenvalue weighted by atomic mass is 9.91. The van der Waals surface area contributed by atoms with Crippen molar-refractivity contribution in [3.8, 4) is 5.69 Å². The Kier molecular flexibility index (Phi) is 3.25. The third-order valence-electron chi connectivity index (χ3n) is 5.35. The van der Waals surface area contributed by atoms with E-state index in [9.17, 15) is 4.79 Å². The normalized spacial score (nSPS) is 33.4. The van der Waals surface area contributed by atoms with Crippen LogP contribution in [0.15, 0.2) is 40.1 Å². The molecule has 0 unspecified atom stereocenters. The molecule has 7 heteroatoms. The SMILES string of the molecule is Cc1[nH]n(-c2ccccc2)c(=O)c1C=NC12CN3CN(CN(C3)C1)C2. The zero-order valence-electron chi connectivity index (χ0n) is 14.4. The summed E-state index contributed by atoms with van der Waals surface area (Å²) in [5, 5.41) is 3.17. The standard InChI is InChI=1S/C18H22N6O/c1-14-16(17(25)24(20-14)15-5-3-2-4-6-15)7-19-18-8-21-11-22(9-18)13-23(10-18)12-21/h2-7,20H,8-13H2,1H3. The van der Waals surface area contributed by atoms with Gasteiger partial charge in [-0.25, -0.2) is 4.68 Å². The fraction of sp³-hybridized carbons (Fsp3) is 0.444. The number of nitrogens with zero attached hydrogens (tertiary/aromatic N) is 5. The predicted octanol–water partition coefficient (Wildman–Crippen LogP) is 0.451. The highest BCUT2D eigenvalue weighted by atomic mass is 16.1. The number of aryl methyl sites for hydroxylation is 1. The molecule has 1 aromatic heterocycles. The Balaban J connectivity index is 1.48. The molecule has 1 N–H and O–H groups in total. The summed E-state index contributed by atoms with van der Waals surface area (Å²) in [5.41, 5.74) is 2.19. The maximum absolute atomic E-state index is 12.8. The fourth-order valence-electron chi connectivity index (χ4n) is 4.48. The molecule has 4 bridgehead atoms. The van der Waals surface area contributed by atoms with E-state index in [0.717, 1.165) is 51.0 Å². The van der Waals surface area contributed by atoms with Crippen molar-refractivity contribution in [3.63, 3.8) is 0 Å². The summed E-state index contributed by atoms with van der Waals surface area (Å²) < 4.78 is 1.59. The van der Waals surface area contributed by atoms with Gasteiger partial charge in [0.15, 0.2) is 0 Å². The van der Waals surface area contributed by atoms with Crippen LogP contribution < -0.4 is 5.56 Å². The highest BCUT2D eigenvalue weighted by molar-refractivity contribution is 5.81. The van der Waals surface area contributed by atoms with Crippen LogP contribution in [0.2, 0.25) is 0 Å². The Hall–Kier alpha value is -2.22. The number of hydrogen-bond donors (Lipinski definition) is 1. The summed E-state index contributed by atoms with van der Waals surface area (Å²) in [6.07, 6.45) is 1.80. The second-order valence-corrected chi connectivity index (χ2v) is 7.52. The number of aromatic amines is 1. The van der Waals surface area contributed by atoms with Crippen LogP contribution in [0.5, 0.6) is 0 Å². The van der Waals surface area contributed by atoms with Crippen molar-refractivity contribution in [1.29, 1.82) is 0 Å². The lowest BCUT2D eigenvalue weighted by Gasteiger charge is -2.59. The number of rotatable bonds is 3. The van der Waals surface area contributed by atoms with Crippen LogP contribution in [0.4, 0.5) is 0 Å². The Morgan fingerprint density at radius 1 is 1.04 bits per heavy atom. The Morgan fingerprint density at radius 2 is 1.64 bits per heavy atom. The highest BCUT2D eigenvalue weighted by Crippen LogP contribution is 2.31. The predicted molar refractivity (Wildman–Crippen MR) is 96.2 cm³/mol. The second kappa shape index (κ2) is 5.39. The van der Waals surface area contributed by atoms with Gasteiger partial charge in [-0.3, -0.25) is 29.6 Å². The first-order chi connectivity index (χ1) is 12.1. The van der Waals surface area contributed by atoms with Gasteiger partial charge < -0.3 is 0 Å². The molecule has 4 fully saturated rings. The van der Waals surface area contributed by atoms with Gasteiger partial charge in [0.1, 0.15) is 0 Å². The molecule has 1 aromatic carbocycles. The zero-order chi connectivity index (χ0) is 17.0. The minimum Gasteiger partial charge on any atom is -0.295 e. The molecule has 7 nitrogen and oxygen atoms in total. The molecule has 0 saturated carbocycles. The van der Waals surface area contributed by atoms with Gasteiger partial charge in [0.25, 0.3) is 5.56 Å². The number of H-pyrrole nitrogens is 1. The van der Waals surface area contributed by atoms with E-state index in [1.165, 1.54) is 0 Å². The number of nitrogens with one attached hydrogen (secondary N) is 1. The quantitative estimate of drug-likeness (QED) is 0.826. The van der Waals surface area contributed by atoms with Crippen molar-refractivity contribution < 1.29 is 0 Å². The number of aromatic nitrogens is 2. The van der Waals surface area contributed by atoms with Crippen LogP contribution in [0.25, 0.3) is 5.69 Å². The molecular formula is C18H22N6O.